The van der Waals surface area contributed by atoms with Gasteiger partial charge in [0.2, 0.25) is 30.0 Å². The average Bonchev–Trinajstić information content (AvgIpc) is 3.64. The van der Waals surface area contributed by atoms with Gasteiger partial charge in [0.05, 0.1) is 0 Å². The van der Waals surface area contributed by atoms with Crippen LogP contribution in [0.4, 0.5) is 14.5 Å². The summed E-state index contributed by atoms with van der Waals surface area (Å²) in [5, 5.41) is 6.09. The van der Waals surface area contributed by atoms with Gasteiger partial charge in [-0.1, -0.05) is 35.0 Å². The molecule has 9 nitrogen and oxygen atoms in total. The van der Waals surface area contributed by atoms with Gasteiger partial charge in [0.25, 0.3) is 0 Å². The minimum absolute atomic E-state index is 0.192. The third kappa shape index (κ3) is 6.21. The van der Waals surface area contributed by atoms with Crippen LogP contribution in [-0.4, -0.2) is 51.4 Å². The molecule has 1 aliphatic carbocycles. The van der Waals surface area contributed by atoms with Gasteiger partial charge in [0, 0.05) is 74.2 Å². The van der Waals surface area contributed by atoms with Gasteiger partial charge in [-0.05, 0) is 26.3 Å². The minimum Gasteiger partial charge on any atom is -0.362 e. The second-order valence-corrected chi connectivity index (χ2v) is 9.35. The molecule has 0 atom stereocenters. The first-order valence-corrected chi connectivity index (χ1v) is 12.3. The van der Waals surface area contributed by atoms with E-state index in [1.54, 1.807) is 7.05 Å². The van der Waals surface area contributed by atoms with Crippen molar-refractivity contribution in [2.45, 2.75) is 51.4 Å². The summed E-state index contributed by atoms with van der Waals surface area (Å²) in [7, 11) is 1.56. The van der Waals surface area contributed by atoms with Gasteiger partial charge in [-0.15, -0.1) is 0 Å². The number of carbonyl (C=O) groups is 2. The van der Waals surface area contributed by atoms with Crippen LogP contribution in [0.3, 0.4) is 0 Å². The third-order valence-corrected chi connectivity index (χ3v) is 6.38. The number of aromatic nitrogens is 4. The molecule has 0 spiro atoms. The highest BCUT2D eigenvalue weighted by molar-refractivity contribution is 5.95. The van der Waals surface area contributed by atoms with E-state index in [4.69, 9.17) is 9.32 Å². The van der Waals surface area contributed by atoms with E-state index in [2.05, 4.69) is 20.4 Å². The highest BCUT2D eigenvalue weighted by Crippen LogP contribution is 2.47. The second kappa shape index (κ2) is 11.5. The fraction of sp³-hybridized carbons (Fsp3) is 0.370. The lowest BCUT2D eigenvalue weighted by atomic mass is 9.81. The van der Waals surface area contributed by atoms with Crippen molar-refractivity contribution in [1.82, 2.24) is 24.8 Å². The van der Waals surface area contributed by atoms with Gasteiger partial charge >= 0.3 is 0 Å². The molecule has 2 amide bonds. The highest BCUT2D eigenvalue weighted by atomic mass is 19.3. The Morgan fingerprint density at radius 3 is 2.47 bits per heavy atom. The Balaban J connectivity index is 0.000000156. The van der Waals surface area contributed by atoms with Gasteiger partial charge in [0.1, 0.15) is 5.65 Å². The summed E-state index contributed by atoms with van der Waals surface area (Å²) in [6.07, 6.45) is 5.67. The predicted molar refractivity (Wildman–Crippen MR) is 138 cm³/mol. The number of anilines is 1. The van der Waals surface area contributed by atoms with Crippen LogP contribution >= 0.6 is 0 Å². The number of aryl methyl sites for hydroxylation is 2. The molecule has 2 aliphatic rings. The largest absolute Gasteiger partial charge is 0.362 e. The fourth-order valence-corrected chi connectivity index (χ4v) is 4.24. The number of nitrogens with one attached hydrogen (secondary N) is 1. The minimum atomic E-state index is -2.57. The number of alkyl halides is 2. The number of halogens is 2. The maximum Gasteiger partial charge on any atom is 0.249 e. The Hall–Kier alpha value is -4.15. The summed E-state index contributed by atoms with van der Waals surface area (Å²) >= 11 is 0. The monoisotopic (exact) mass is 524 g/mol. The van der Waals surface area contributed by atoms with Crippen LogP contribution in [-0.2, 0) is 9.59 Å². The molecule has 0 radical (unpaired) electrons. The number of pyridine rings is 1. The summed E-state index contributed by atoms with van der Waals surface area (Å²) < 4.78 is 32.6. The molecule has 2 fully saturated rings. The van der Waals surface area contributed by atoms with E-state index >= 15 is 0 Å². The molecule has 38 heavy (non-hydrogen) atoms. The van der Waals surface area contributed by atoms with Crippen molar-refractivity contribution >= 4 is 23.7 Å². The van der Waals surface area contributed by atoms with Crippen molar-refractivity contribution in [3.63, 3.8) is 0 Å². The number of fused-ring (bicyclic) bond motifs is 1. The molecular weight excluding hydrogens is 494 g/mol. The topological polar surface area (TPSA) is 106 Å². The first-order valence-electron chi connectivity index (χ1n) is 12.3. The smallest absolute Gasteiger partial charge is 0.249 e. The van der Waals surface area contributed by atoms with E-state index in [1.807, 2.05) is 71.9 Å². The molecular formula is C27H30F2N6O3. The van der Waals surface area contributed by atoms with Crippen LogP contribution in [0, 0.1) is 13.8 Å². The SMILES string of the molecule is CNC=O.Cc1ccc(-c2noc(C3CC(F)(F)C3)n2)cc1.Cc1cnc2cc(N3CCCC3=O)ccn12. The number of benzene rings is 1. The summed E-state index contributed by atoms with van der Waals surface area (Å²) in [4.78, 5) is 31.0. The maximum atomic E-state index is 12.8. The lowest BCUT2D eigenvalue weighted by Crippen LogP contribution is -2.33. The second-order valence-electron chi connectivity index (χ2n) is 9.35. The number of carbonyl (C=O) groups excluding carboxylic acids is 2. The van der Waals surface area contributed by atoms with Crippen LogP contribution in [0.5, 0.6) is 0 Å². The van der Waals surface area contributed by atoms with E-state index in [1.165, 1.54) is 0 Å². The zero-order valence-electron chi connectivity index (χ0n) is 21.5. The number of amides is 2. The molecule has 1 N–H and O–H groups in total. The molecule has 1 saturated heterocycles. The van der Waals surface area contributed by atoms with Crippen LogP contribution in [0.2, 0.25) is 0 Å². The Kier molecular flexibility index (Phi) is 8.13. The number of imidazole rings is 1. The molecule has 1 saturated carbocycles. The van der Waals surface area contributed by atoms with Crippen molar-refractivity contribution in [1.29, 1.82) is 0 Å². The number of hydrogen-bond donors (Lipinski definition) is 1. The zero-order chi connectivity index (χ0) is 27.3. The average molecular weight is 525 g/mol. The van der Waals surface area contributed by atoms with Crippen molar-refractivity contribution in [2.24, 2.45) is 0 Å². The van der Waals surface area contributed by atoms with E-state index in [9.17, 15) is 13.6 Å². The van der Waals surface area contributed by atoms with E-state index in [0.717, 1.165) is 41.1 Å². The van der Waals surface area contributed by atoms with Crippen LogP contribution < -0.4 is 10.2 Å². The first-order chi connectivity index (χ1) is 18.2. The van der Waals surface area contributed by atoms with E-state index in [-0.39, 0.29) is 24.7 Å². The molecule has 3 aromatic heterocycles. The third-order valence-electron chi connectivity index (χ3n) is 6.38. The van der Waals surface area contributed by atoms with Crippen LogP contribution in [0.15, 0.2) is 53.3 Å². The van der Waals surface area contributed by atoms with Crippen molar-refractivity contribution < 1.29 is 22.9 Å². The molecule has 4 heterocycles. The summed E-state index contributed by atoms with van der Waals surface area (Å²) in [6, 6.07) is 11.6. The Morgan fingerprint density at radius 2 is 1.87 bits per heavy atom. The molecule has 1 aromatic carbocycles. The first kappa shape index (κ1) is 26.9. The maximum absolute atomic E-state index is 12.8. The van der Waals surface area contributed by atoms with E-state index in [0.29, 0.717) is 24.5 Å². The van der Waals surface area contributed by atoms with Crippen molar-refractivity contribution in [2.75, 3.05) is 18.5 Å². The molecule has 0 bridgehead atoms. The van der Waals surface area contributed by atoms with Gasteiger partial charge in [-0.25, -0.2) is 13.8 Å². The van der Waals surface area contributed by atoms with E-state index < -0.39 is 5.92 Å². The van der Waals surface area contributed by atoms with Crippen LogP contribution in [0.25, 0.3) is 17.0 Å². The normalized spacial score (nSPS) is 16.2. The molecule has 0 unspecified atom stereocenters. The quantitative estimate of drug-likeness (QED) is 0.389. The molecule has 6 rings (SSSR count). The molecule has 11 heteroatoms. The summed E-state index contributed by atoms with van der Waals surface area (Å²) in [5.41, 5.74) is 4.94. The highest BCUT2D eigenvalue weighted by Gasteiger charge is 2.48. The zero-order valence-corrected chi connectivity index (χ0v) is 21.5. The Morgan fingerprint density at radius 1 is 1.16 bits per heavy atom. The lowest BCUT2D eigenvalue weighted by molar-refractivity contribution is -0.117. The van der Waals surface area contributed by atoms with Gasteiger partial charge in [-0.3, -0.25) is 9.59 Å². The van der Waals surface area contributed by atoms with Crippen molar-refractivity contribution in [3.05, 3.63) is 65.9 Å². The molecule has 200 valence electrons. The lowest BCUT2D eigenvalue weighted by Gasteiger charge is -2.31. The summed E-state index contributed by atoms with van der Waals surface area (Å²) in [6.45, 7) is 4.83. The molecule has 4 aromatic rings. The van der Waals surface area contributed by atoms with Crippen molar-refractivity contribution in [3.8, 4) is 11.4 Å². The van der Waals surface area contributed by atoms with Crippen LogP contribution in [0.1, 0.15) is 48.7 Å². The Labute approximate surface area is 218 Å². The molecule has 1 aliphatic heterocycles. The summed E-state index contributed by atoms with van der Waals surface area (Å²) in [5.74, 6) is -1.88. The predicted octanol–water partition coefficient (Wildman–Crippen LogP) is 4.69. The number of hydrogen-bond acceptors (Lipinski definition) is 6. The van der Waals surface area contributed by atoms with Gasteiger partial charge in [-0.2, -0.15) is 4.98 Å². The fourth-order valence-electron chi connectivity index (χ4n) is 4.24. The Bertz CT molecular complexity index is 1390. The van der Waals surface area contributed by atoms with Gasteiger partial charge < -0.3 is 19.1 Å². The van der Waals surface area contributed by atoms with Gasteiger partial charge in [0.15, 0.2) is 0 Å². The number of rotatable bonds is 4. The number of nitrogens with zero attached hydrogens (tertiary/aromatic N) is 5. The standard InChI is InChI=1S/C13H12F2N2O.C12H13N3O.C2H5NO/c1-8-2-4-9(5-3-8)11-16-12(18-17-11)10-6-13(14,15)7-10;1-9-8-13-11-7-10(4-6-14(9)11)15-5-2-3-12(15)16;1-3-2-4/h2-5,10H,6-7H2,1H3;4,6-8H,2-3,5H2,1H3;2H,1H3,(H,3,4).